The van der Waals surface area contributed by atoms with Crippen LogP contribution in [0.4, 0.5) is 23.4 Å². The van der Waals surface area contributed by atoms with Crippen molar-refractivity contribution in [2.75, 3.05) is 5.73 Å². The van der Waals surface area contributed by atoms with E-state index in [4.69, 9.17) is 15.6 Å². The fourth-order valence-electron chi connectivity index (χ4n) is 0.884. The third-order valence-electron chi connectivity index (χ3n) is 1.60. The minimum Gasteiger partial charge on any atom is -0.483 e. The van der Waals surface area contributed by atoms with Gasteiger partial charge in [0, 0.05) is 11.8 Å². The Labute approximate surface area is 87.7 Å². The molecule has 0 spiro atoms. The Bertz CT molecular complexity index is 379. The third kappa shape index (κ3) is 3.37. The van der Waals surface area contributed by atoms with Crippen molar-refractivity contribution < 1.29 is 27.5 Å². The second-order valence-corrected chi connectivity index (χ2v) is 2.60. The SMILES string of the molecule is Cc1c(C(F)(F)F)cnc(N)c1F.O=CO. The summed E-state index contributed by atoms with van der Waals surface area (Å²) in [7, 11) is 0. The molecule has 0 aliphatic carbocycles. The zero-order valence-electron chi connectivity index (χ0n) is 8.05. The number of hydrogen-bond acceptors (Lipinski definition) is 3. The van der Waals surface area contributed by atoms with E-state index in [2.05, 4.69) is 4.98 Å². The molecule has 16 heavy (non-hydrogen) atoms. The summed E-state index contributed by atoms with van der Waals surface area (Å²) in [5.74, 6) is -1.64. The first kappa shape index (κ1) is 14.1. The lowest BCUT2D eigenvalue weighted by Crippen LogP contribution is -2.11. The Morgan fingerprint density at radius 1 is 1.50 bits per heavy atom. The number of carbonyl (C=O) groups is 1. The van der Waals surface area contributed by atoms with Crippen LogP contribution in [0, 0.1) is 12.7 Å². The molecule has 90 valence electrons. The summed E-state index contributed by atoms with van der Waals surface area (Å²) in [6.45, 7) is 0.760. The maximum absolute atomic E-state index is 12.8. The monoisotopic (exact) mass is 240 g/mol. The van der Waals surface area contributed by atoms with Gasteiger partial charge in [0.2, 0.25) is 0 Å². The molecule has 1 aromatic rings. The summed E-state index contributed by atoms with van der Waals surface area (Å²) < 4.78 is 49.2. The number of nitrogens with zero attached hydrogens (tertiary/aromatic N) is 1. The zero-order chi connectivity index (χ0) is 12.9. The molecule has 0 aromatic carbocycles. The Morgan fingerprint density at radius 3 is 2.31 bits per heavy atom. The number of rotatable bonds is 0. The van der Waals surface area contributed by atoms with E-state index in [0.717, 1.165) is 6.92 Å². The van der Waals surface area contributed by atoms with E-state index in [0.29, 0.717) is 6.20 Å². The molecular weight excluding hydrogens is 232 g/mol. The minimum atomic E-state index is -4.59. The number of carboxylic acid groups (broad SMARTS) is 1. The van der Waals surface area contributed by atoms with Crippen LogP contribution in [0.15, 0.2) is 6.20 Å². The number of hydrogen-bond donors (Lipinski definition) is 2. The van der Waals surface area contributed by atoms with Crippen LogP contribution in [0.3, 0.4) is 0 Å². The first-order valence-corrected chi connectivity index (χ1v) is 3.81. The molecule has 1 aromatic heterocycles. The van der Waals surface area contributed by atoms with Gasteiger partial charge in [0.25, 0.3) is 6.47 Å². The van der Waals surface area contributed by atoms with Crippen LogP contribution < -0.4 is 5.73 Å². The Hall–Kier alpha value is -1.86. The molecule has 0 saturated heterocycles. The second kappa shape index (κ2) is 5.29. The molecule has 0 aliphatic heterocycles. The van der Waals surface area contributed by atoms with E-state index in [1.807, 2.05) is 0 Å². The summed E-state index contributed by atoms with van der Waals surface area (Å²) in [6.07, 6.45) is -4.07. The predicted octanol–water partition coefficient (Wildman–Crippen LogP) is 1.83. The number of aromatic nitrogens is 1. The number of anilines is 1. The minimum absolute atomic E-state index is 0.250. The van der Waals surface area contributed by atoms with Gasteiger partial charge in [0.1, 0.15) is 0 Å². The molecule has 0 aliphatic rings. The van der Waals surface area contributed by atoms with E-state index in [1.54, 1.807) is 0 Å². The van der Waals surface area contributed by atoms with Gasteiger partial charge in [-0.2, -0.15) is 13.2 Å². The van der Waals surface area contributed by atoms with Crippen molar-refractivity contribution in [1.82, 2.24) is 4.98 Å². The molecule has 0 bridgehead atoms. The highest BCUT2D eigenvalue weighted by atomic mass is 19.4. The molecule has 8 heteroatoms. The lowest BCUT2D eigenvalue weighted by molar-refractivity contribution is -0.138. The lowest BCUT2D eigenvalue weighted by Gasteiger charge is -2.10. The smallest absolute Gasteiger partial charge is 0.418 e. The van der Waals surface area contributed by atoms with Crippen LogP contribution in [0.1, 0.15) is 11.1 Å². The van der Waals surface area contributed by atoms with Gasteiger partial charge in [-0.25, -0.2) is 9.37 Å². The summed E-state index contributed by atoms with van der Waals surface area (Å²) in [6, 6.07) is 0. The van der Waals surface area contributed by atoms with Crippen molar-refractivity contribution in [1.29, 1.82) is 0 Å². The van der Waals surface area contributed by atoms with Gasteiger partial charge in [0.15, 0.2) is 11.6 Å². The summed E-state index contributed by atoms with van der Waals surface area (Å²) in [5.41, 5.74) is 3.35. The van der Waals surface area contributed by atoms with Crippen LogP contribution in [0.2, 0.25) is 0 Å². The highest BCUT2D eigenvalue weighted by Crippen LogP contribution is 2.32. The molecular formula is C8H8F4N2O2. The number of alkyl halides is 3. The van der Waals surface area contributed by atoms with E-state index in [1.165, 1.54) is 0 Å². The van der Waals surface area contributed by atoms with Gasteiger partial charge in [-0.15, -0.1) is 0 Å². The summed E-state index contributed by atoms with van der Waals surface area (Å²) in [5, 5.41) is 6.89. The second-order valence-electron chi connectivity index (χ2n) is 2.60. The van der Waals surface area contributed by atoms with E-state index < -0.39 is 28.9 Å². The van der Waals surface area contributed by atoms with Crippen molar-refractivity contribution in [2.45, 2.75) is 13.1 Å². The van der Waals surface area contributed by atoms with Gasteiger partial charge in [0.05, 0.1) is 5.56 Å². The van der Waals surface area contributed by atoms with Gasteiger partial charge in [-0.05, 0) is 6.92 Å². The van der Waals surface area contributed by atoms with Crippen molar-refractivity contribution >= 4 is 12.3 Å². The molecule has 1 rings (SSSR count). The van der Waals surface area contributed by atoms with Crippen LogP contribution in [-0.2, 0) is 11.0 Å². The standard InChI is InChI=1S/C7H6F4N2.CH2O2/c1-3-4(7(9,10)11)2-13-6(12)5(3)8;2-1-3/h2H,1H3,(H2,12,13);1H,(H,2,3). The van der Waals surface area contributed by atoms with Gasteiger partial charge in [-0.1, -0.05) is 0 Å². The Morgan fingerprint density at radius 2 is 1.94 bits per heavy atom. The number of nitrogens with two attached hydrogens (primary N) is 1. The van der Waals surface area contributed by atoms with Crippen molar-refractivity contribution in [2.24, 2.45) is 0 Å². The summed E-state index contributed by atoms with van der Waals surface area (Å²) >= 11 is 0. The first-order valence-electron chi connectivity index (χ1n) is 3.81. The molecule has 0 amide bonds. The van der Waals surface area contributed by atoms with Crippen LogP contribution in [0.5, 0.6) is 0 Å². The molecule has 0 atom stereocenters. The number of nitrogen functional groups attached to an aromatic ring is 1. The van der Waals surface area contributed by atoms with Gasteiger partial charge in [-0.3, -0.25) is 4.79 Å². The van der Waals surface area contributed by atoms with E-state index in [9.17, 15) is 17.6 Å². The van der Waals surface area contributed by atoms with Crippen molar-refractivity contribution in [3.8, 4) is 0 Å². The number of pyridine rings is 1. The Kier molecular flexibility index (Phi) is 4.67. The van der Waals surface area contributed by atoms with Crippen LogP contribution in [-0.4, -0.2) is 16.6 Å². The van der Waals surface area contributed by atoms with E-state index >= 15 is 0 Å². The van der Waals surface area contributed by atoms with Crippen molar-refractivity contribution in [3.05, 3.63) is 23.1 Å². The highest BCUT2D eigenvalue weighted by Gasteiger charge is 2.34. The molecule has 0 radical (unpaired) electrons. The number of halogens is 4. The van der Waals surface area contributed by atoms with Crippen molar-refractivity contribution in [3.63, 3.8) is 0 Å². The van der Waals surface area contributed by atoms with Gasteiger partial charge >= 0.3 is 6.18 Å². The summed E-state index contributed by atoms with van der Waals surface area (Å²) in [4.78, 5) is 11.4. The topological polar surface area (TPSA) is 76.2 Å². The molecule has 4 nitrogen and oxygen atoms in total. The molecule has 1 heterocycles. The fraction of sp³-hybridized carbons (Fsp3) is 0.250. The van der Waals surface area contributed by atoms with Crippen LogP contribution >= 0.6 is 0 Å². The third-order valence-corrected chi connectivity index (χ3v) is 1.60. The molecule has 0 unspecified atom stereocenters. The maximum Gasteiger partial charge on any atom is 0.418 e. The lowest BCUT2D eigenvalue weighted by atomic mass is 10.1. The largest absolute Gasteiger partial charge is 0.483 e. The normalized spacial score (nSPS) is 10.3. The first-order chi connectivity index (χ1) is 7.25. The highest BCUT2D eigenvalue weighted by molar-refractivity contribution is 5.39. The Balaban J connectivity index is 0.000000673. The average Bonchev–Trinajstić information content (AvgIpc) is 2.13. The van der Waals surface area contributed by atoms with Gasteiger partial charge < -0.3 is 10.8 Å². The predicted molar refractivity (Wildman–Crippen MR) is 47.0 cm³/mol. The fourth-order valence-corrected chi connectivity index (χ4v) is 0.884. The molecule has 0 saturated carbocycles. The maximum atomic E-state index is 12.8. The molecule has 0 fully saturated rings. The average molecular weight is 240 g/mol. The zero-order valence-corrected chi connectivity index (χ0v) is 8.05. The quantitative estimate of drug-likeness (QED) is 0.535. The van der Waals surface area contributed by atoms with Crippen LogP contribution in [0.25, 0.3) is 0 Å². The van der Waals surface area contributed by atoms with E-state index in [-0.39, 0.29) is 6.47 Å². The molecule has 3 N–H and O–H groups in total.